The molecule has 0 radical (unpaired) electrons. The van der Waals surface area contributed by atoms with Crippen LogP contribution in [-0.2, 0) is 26.6 Å². The molecule has 0 atom stereocenters. The summed E-state index contributed by atoms with van der Waals surface area (Å²) in [5.41, 5.74) is 6.11. The van der Waals surface area contributed by atoms with E-state index in [2.05, 4.69) is 53.8 Å². The molecule has 0 aliphatic heterocycles. The van der Waals surface area contributed by atoms with Gasteiger partial charge in [-0.3, -0.25) is 13.9 Å². The topological polar surface area (TPSA) is 61.8 Å². The predicted octanol–water partition coefficient (Wildman–Crippen LogP) is 3.79. The van der Waals surface area contributed by atoms with Gasteiger partial charge in [-0.1, -0.05) is 29.3 Å². The Balaban J connectivity index is 2.12. The summed E-state index contributed by atoms with van der Waals surface area (Å²) in [4.78, 5) is 30.6. The second-order valence-electron chi connectivity index (χ2n) is 7.87. The van der Waals surface area contributed by atoms with E-state index in [1.165, 1.54) is 31.4 Å². The molecule has 6 nitrogen and oxygen atoms in total. The van der Waals surface area contributed by atoms with Crippen molar-refractivity contribution in [3.05, 3.63) is 71.6 Å². The predicted molar refractivity (Wildman–Crippen MR) is 121 cm³/mol. The largest absolute Gasteiger partial charge is 0.332 e. The molecular weight excluding hydrogens is 432 g/mol. The van der Waals surface area contributed by atoms with E-state index in [-0.39, 0.29) is 11.2 Å². The van der Waals surface area contributed by atoms with Gasteiger partial charge in [0, 0.05) is 20.1 Å². The number of allylic oxidation sites excluding steroid dienone is 2. The van der Waals surface area contributed by atoms with Gasteiger partial charge >= 0.3 is 5.69 Å². The first kappa shape index (κ1) is 21.3. The van der Waals surface area contributed by atoms with Gasteiger partial charge in [0.05, 0.1) is 0 Å². The molecule has 154 valence electrons. The van der Waals surface area contributed by atoms with Gasteiger partial charge < -0.3 is 4.57 Å². The zero-order valence-corrected chi connectivity index (χ0v) is 19.4. The zero-order valence-electron chi connectivity index (χ0n) is 17.8. The fourth-order valence-electron chi connectivity index (χ4n) is 3.81. The van der Waals surface area contributed by atoms with Crippen molar-refractivity contribution in [2.24, 2.45) is 7.05 Å². The SMILES string of the molecule is CC(C)=CCn1c(Br)nc2c1c(=O)n(CCc1c(C)cc(C)cc1C)c(=O)n2C. The van der Waals surface area contributed by atoms with Gasteiger partial charge in [0.2, 0.25) is 0 Å². The molecule has 0 fully saturated rings. The van der Waals surface area contributed by atoms with Crippen LogP contribution in [0.15, 0.2) is 38.1 Å². The summed E-state index contributed by atoms with van der Waals surface area (Å²) in [5, 5.41) is 0. The van der Waals surface area contributed by atoms with Crippen molar-refractivity contribution in [1.82, 2.24) is 18.7 Å². The summed E-state index contributed by atoms with van der Waals surface area (Å²) in [5.74, 6) is 0. The number of aryl methyl sites for hydroxylation is 4. The van der Waals surface area contributed by atoms with E-state index in [0.717, 1.165) is 5.57 Å². The molecule has 0 saturated heterocycles. The molecule has 3 rings (SSSR count). The normalized spacial score (nSPS) is 11.3. The van der Waals surface area contributed by atoms with Crippen LogP contribution in [0.2, 0.25) is 0 Å². The molecule has 29 heavy (non-hydrogen) atoms. The third-order valence-electron chi connectivity index (χ3n) is 5.29. The van der Waals surface area contributed by atoms with Crippen molar-refractivity contribution < 1.29 is 0 Å². The third kappa shape index (κ3) is 4.01. The number of hydrogen-bond donors (Lipinski definition) is 0. The van der Waals surface area contributed by atoms with Crippen molar-refractivity contribution in [1.29, 1.82) is 0 Å². The fourth-order valence-corrected chi connectivity index (χ4v) is 4.30. The second kappa shape index (κ2) is 8.14. The van der Waals surface area contributed by atoms with E-state index in [4.69, 9.17) is 0 Å². The van der Waals surface area contributed by atoms with E-state index in [1.807, 2.05) is 24.5 Å². The van der Waals surface area contributed by atoms with Crippen LogP contribution in [0.5, 0.6) is 0 Å². The Morgan fingerprint density at radius 3 is 2.31 bits per heavy atom. The van der Waals surface area contributed by atoms with Crippen LogP contribution in [-0.4, -0.2) is 18.7 Å². The average Bonchev–Trinajstić information content (AvgIpc) is 2.96. The zero-order chi connectivity index (χ0) is 21.5. The molecule has 0 bridgehead atoms. The summed E-state index contributed by atoms with van der Waals surface area (Å²) in [6.45, 7) is 11.1. The van der Waals surface area contributed by atoms with Crippen molar-refractivity contribution in [3.63, 3.8) is 0 Å². The van der Waals surface area contributed by atoms with Crippen molar-refractivity contribution in [2.45, 2.75) is 54.1 Å². The molecular formula is C22H27BrN4O2. The van der Waals surface area contributed by atoms with E-state index >= 15 is 0 Å². The summed E-state index contributed by atoms with van der Waals surface area (Å²) >= 11 is 3.44. The van der Waals surface area contributed by atoms with Crippen LogP contribution >= 0.6 is 15.9 Å². The Hall–Kier alpha value is -2.41. The Morgan fingerprint density at radius 2 is 1.72 bits per heavy atom. The maximum absolute atomic E-state index is 13.3. The lowest BCUT2D eigenvalue weighted by molar-refractivity contribution is 0.598. The molecule has 0 saturated carbocycles. The van der Waals surface area contributed by atoms with Crippen LogP contribution < -0.4 is 11.2 Å². The van der Waals surface area contributed by atoms with Gasteiger partial charge in [0.1, 0.15) is 0 Å². The molecule has 1 aromatic carbocycles. The van der Waals surface area contributed by atoms with E-state index in [0.29, 0.717) is 35.4 Å². The molecule has 0 amide bonds. The highest BCUT2D eigenvalue weighted by atomic mass is 79.9. The van der Waals surface area contributed by atoms with Crippen LogP contribution in [0.3, 0.4) is 0 Å². The minimum Gasteiger partial charge on any atom is -0.309 e. The monoisotopic (exact) mass is 458 g/mol. The van der Waals surface area contributed by atoms with Gasteiger partial charge in [-0.15, -0.1) is 0 Å². The number of aromatic nitrogens is 4. The minimum atomic E-state index is -0.343. The van der Waals surface area contributed by atoms with Crippen molar-refractivity contribution in [2.75, 3.05) is 0 Å². The average molecular weight is 459 g/mol. The minimum absolute atomic E-state index is 0.300. The maximum atomic E-state index is 13.3. The first-order valence-corrected chi connectivity index (χ1v) is 10.5. The summed E-state index contributed by atoms with van der Waals surface area (Å²) in [7, 11) is 1.66. The molecule has 7 heteroatoms. The van der Waals surface area contributed by atoms with E-state index in [9.17, 15) is 9.59 Å². The summed E-state index contributed by atoms with van der Waals surface area (Å²) in [6, 6.07) is 4.27. The standard InChI is InChI=1S/C22H27BrN4O2/c1-13(2)7-9-26-18-19(24-21(26)23)25(6)22(29)27(20(18)28)10-8-17-15(4)11-14(3)12-16(17)5/h7,11-12H,8-10H2,1-6H3. The van der Waals surface area contributed by atoms with Gasteiger partial charge in [-0.25, -0.2) is 9.78 Å². The molecule has 0 spiro atoms. The van der Waals surface area contributed by atoms with Crippen LogP contribution in [0.25, 0.3) is 11.2 Å². The van der Waals surface area contributed by atoms with Crippen molar-refractivity contribution in [3.8, 4) is 0 Å². The molecule has 2 heterocycles. The molecule has 0 aliphatic rings. The van der Waals surface area contributed by atoms with Gasteiger partial charge in [-0.05, 0) is 73.7 Å². The number of benzene rings is 1. The van der Waals surface area contributed by atoms with Crippen LogP contribution in [0, 0.1) is 20.8 Å². The lowest BCUT2D eigenvalue weighted by Gasteiger charge is -2.13. The van der Waals surface area contributed by atoms with E-state index < -0.39 is 0 Å². The molecule has 3 aromatic rings. The number of nitrogens with zero attached hydrogens (tertiary/aromatic N) is 4. The summed E-state index contributed by atoms with van der Waals surface area (Å²) in [6.07, 6.45) is 2.65. The highest BCUT2D eigenvalue weighted by Crippen LogP contribution is 2.19. The van der Waals surface area contributed by atoms with Gasteiger partial charge in [-0.2, -0.15) is 0 Å². The van der Waals surface area contributed by atoms with Crippen LogP contribution in [0.1, 0.15) is 36.1 Å². The Bertz CT molecular complexity index is 1220. The molecule has 2 aromatic heterocycles. The fraction of sp³-hybridized carbons (Fsp3) is 0.409. The lowest BCUT2D eigenvalue weighted by Crippen LogP contribution is -2.40. The smallest absolute Gasteiger partial charge is 0.309 e. The summed E-state index contributed by atoms with van der Waals surface area (Å²) < 4.78 is 5.13. The Kier molecular flexibility index (Phi) is 5.98. The first-order valence-electron chi connectivity index (χ1n) is 9.67. The number of imidazole rings is 1. The number of fused-ring (bicyclic) bond motifs is 1. The molecule has 0 N–H and O–H groups in total. The molecule has 0 aliphatic carbocycles. The number of halogens is 1. The number of hydrogen-bond acceptors (Lipinski definition) is 3. The highest BCUT2D eigenvalue weighted by molar-refractivity contribution is 9.10. The van der Waals surface area contributed by atoms with Gasteiger partial charge in [0.15, 0.2) is 15.9 Å². The first-order chi connectivity index (χ1) is 13.6. The van der Waals surface area contributed by atoms with Gasteiger partial charge in [0.25, 0.3) is 5.56 Å². The third-order valence-corrected chi connectivity index (χ3v) is 5.90. The Morgan fingerprint density at radius 1 is 1.10 bits per heavy atom. The maximum Gasteiger partial charge on any atom is 0.332 e. The highest BCUT2D eigenvalue weighted by Gasteiger charge is 2.19. The second-order valence-corrected chi connectivity index (χ2v) is 8.58. The van der Waals surface area contributed by atoms with Crippen LogP contribution in [0.4, 0.5) is 0 Å². The van der Waals surface area contributed by atoms with Crippen molar-refractivity contribution >= 4 is 27.1 Å². The quantitative estimate of drug-likeness (QED) is 0.431. The lowest BCUT2D eigenvalue weighted by atomic mass is 9.97. The van der Waals surface area contributed by atoms with E-state index in [1.54, 1.807) is 7.05 Å². The Labute approximate surface area is 178 Å². The molecule has 0 unspecified atom stereocenters. The number of rotatable bonds is 5.